The van der Waals surface area contributed by atoms with E-state index in [1.807, 2.05) is 0 Å². The van der Waals surface area contributed by atoms with E-state index in [-0.39, 0.29) is 6.07 Å². The number of halogens is 14. The summed E-state index contributed by atoms with van der Waals surface area (Å²) in [6.07, 6.45) is -17.8. The minimum atomic E-state index is -6.66. The zero-order valence-electron chi connectivity index (χ0n) is 21.1. The van der Waals surface area contributed by atoms with Gasteiger partial charge in [-0.1, -0.05) is 6.07 Å². The molecule has 0 aliphatic heterocycles. The summed E-state index contributed by atoms with van der Waals surface area (Å²) in [5.41, 5.74) is -13.9. The molecule has 1 heterocycles. The van der Waals surface area contributed by atoms with Gasteiger partial charge in [0, 0.05) is 16.2 Å². The van der Waals surface area contributed by atoms with Gasteiger partial charge in [-0.15, -0.1) is 0 Å². The Bertz CT molecular complexity index is 1580. The first-order valence-electron chi connectivity index (χ1n) is 11.3. The Balaban J connectivity index is 2.01. The van der Waals surface area contributed by atoms with Crippen LogP contribution in [-0.4, -0.2) is 41.0 Å². The van der Waals surface area contributed by atoms with Crippen LogP contribution < -0.4 is 15.1 Å². The van der Waals surface area contributed by atoms with Crippen molar-refractivity contribution in [2.75, 3.05) is 10.4 Å². The Hall–Kier alpha value is -4.14. The van der Waals surface area contributed by atoms with E-state index < -0.39 is 104 Å². The maximum absolute atomic E-state index is 15.2. The maximum Gasteiger partial charge on any atom is 0.435 e. The van der Waals surface area contributed by atoms with Gasteiger partial charge in [0.25, 0.3) is 11.8 Å². The van der Waals surface area contributed by atoms with Crippen LogP contribution in [0.3, 0.4) is 0 Å². The maximum atomic E-state index is 15.2. The molecule has 0 atom stereocenters. The molecule has 2 amide bonds. The minimum Gasteiger partial charge on any atom is -0.433 e. The van der Waals surface area contributed by atoms with Crippen LogP contribution in [0, 0.1) is 5.82 Å². The molecule has 21 heteroatoms. The zero-order valence-corrected chi connectivity index (χ0v) is 22.6. The Labute approximate surface area is 249 Å². The van der Waals surface area contributed by atoms with Gasteiger partial charge >= 0.3 is 30.8 Å². The average Bonchev–Trinajstić information content (AvgIpc) is 2.91. The number of pyridine rings is 1. The van der Waals surface area contributed by atoms with Gasteiger partial charge in [-0.3, -0.25) is 19.8 Å². The molecule has 2 aromatic carbocycles. The SMILES string of the molecule is O=C(Nc1c(Br)cc(C(F)(C(F)(F)F)C(F)(F)F)cc1OC(F)F)c1cccc(N(O)C(=O)c2ccc(C(F)(F)F)nc2)c1F. The highest BCUT2D eigenvalue weighted by Gasteiger charge is 2.73. The number of ether oxygens (including phenoxy) is 1. The number of rotatable bonds is 7. The highest BCUT2D eigenvalue weighted by Crippen LogP contribution is 2.55. The van der Waals surface area contributed by atoms with Crippen molar-refractivity contribution in [3.63, 3.8) is 0 Å². The lowest BCUT2D eigenvalue weighted by Gasteiger charge is -2.31. The molecule has 244 valence electrons. The van der Waals surface area contributed by atoms with Crippen molar-refractivity contribution in [1.82, 2.24) is 4.98 Å². The summed E-state index contributed by atoms with van der Waals surface area (Å²) >= 11 is 2.43. The van der Waals surface area contributed by atoms with Gasteiger partial charge in [0.05, 0.1) is 16.8 Å². The third-order valence-electron chi connectivity index (χ3n) is 5.63. The van der Waals surface area contributed by atoms with Crippen molar-refractivity contribution in [3.8, 4) is 5.75 Å². The van der Waals surface area contributed by atoms with E-state index in [9.17, 15) is 67.5 Å². The molecule has 45 heavy (non-hydrogen) atoms. The topological polar surface area (TPSA) is 91.8 Å². The van der Waals surface area contributed by atoms with Crippen LogP contribution in [0.5, 0.6) is 5.75 Å². The molecule has 0 fully saturated rings. The predicted molar refractivity (Wildman–Crippen MR) is 128 cm³/mol. The molecular formula is C24H11BrF13N3O4. The van der Waals surface area contributed by atoms with Gasteiger partial charge in [0.15, 0.2) is 11.6 Å². The number of anilines is 2. The van der Waals surface area contributed by atoms with Crippen molar-refractivity contribution in [3.05, 3.63) is 81.3 Å². The number of hydroxylamine groups is 1. The number of nitrogens with one attached hydrogen (secondary N) is 1. The number of hydrogen-bond acceptors (Lipinski definition) is 5. The second kappa shape index (κ2) is 12.3. The van der Waals surface area contributed by atoms with Crippen molar-refractivity contribution in [1.29, 1.82) is 0 Å². The number of carbonyl (C=O) groups is 2. The zero-order chi connectivity index (χ0) is 34.3. The van der Waals surface area contributed by atoms with Gasteiger partial charge < -0.3 is 10.1 Å². The van der Waals surface area contributed by atoms with Crippen LogP contribution >= 0.6 is 15.9 Å². The van der Waals surface area contributed by atoms with Gasteiger partial charge in [-0.25, -0.2) is 8.78 Å². The lowest BCUT2D eigenvalue weighted by Crippen LogP contribution is -2.50. The quantitative estimate of drug-likeness (QED) is 0.145. The van der Waals surface area contributed by atoms with Crippen LogP contribution in [0.15, 0.2) is 53.1 Å². The molecule has 0 aliphatic rings. The standard InChI is InChI=1S/C24H11BrF13N3O4/c25-12-6-10(21(29,23(33,34)35)24(36,37)38)7-14(45-20(27)28)17(12)40-18(42)11-2-1-3-13(16(11)26)41(44)19(43)9-4-5-15(39-8-9)22(30,31)32/h1-8,20,44H,(H,40,42). The van der Waals surface area contributed by atoms with Crippen molar-refractivity contribution < 1.29 is 76.6 Å². The van der Waals surface area contributed by atoms with Crippen LogP contribution in [-0.2, 0) is 11.8 Å². The van der Waals surface area contributed by atoms with Crippen LogP contribution in [0.1, 0.15) is 32.0 Å². The van der Waals surface area contributed by atoms with Crippen LogP contribution in [0.4, 0.5) is 68.5 Å². The van der Waals surface area contributed by atoms with E-state index in [1.165, 1.54) is 0 Å². The van der Waals surface area contributed by atoms with E-state index >= 15 is 4.39 Å². The number of alkyl halides is 12. The Kier molecular flexibility index (Phi) is 9.69. The largest absolute Gasteiger partial charge is 0.435 e. The molecule has 0 radical (unpaired) electrons. The summed E-state index contributed by atoms with van der Waals surface area (Å²) in [5, 5.41) is 11.4. The third kappa shape index (κ3) is 7.08. The summed E-state index contributed by atoms with van der Waals surface area (Å²) in [7, 11) is 0. The number of carbonyl (C=O) groups excluding carboxylic acids is 2. The predicted octanol–water partition coefficient (Wildman–Crippen LogP) is 8.18. The van der Waals surface area contributed by atoms with Gasteiger partial charge in [0.1, 0.15) is 11.4 Å². The molecule has 0 saturated carbocycles. The summed E-state index contributed by atoms with van der Waals surface area (Å²) < 4.78 is 176. The average molecular weight is 732 g/mol. The molecule has 7 nitrogen and oxygen atoms in total. The third-order valence-corrected chi connectivity index (χ3v) is 6.26. The molecule has 0 saturated heterocycles. The summed E-state index contributed by atoms with van der Waals surface area (Å²) in [6.45, 7) is -3.96. The molecule has 1 aromatic heterocycles. The van der Waals surface area contributed by atoms with Crippen molar-refractivity contribution >= 4 is 39.1 Å². The summed E-state index contributed by atoms with van der Waals surface area (Å²) in [6, 6.07) is 2.52. The normalized spacial score (nSPS) is 12.7. The molecule has 3 rings (SSSR count). The number of hydrogen-bond donors (Lipinski definition) is 2. The van der Waals surface area contributed by atoms with E-state index in [1.54, 1.807) is 5.32 Å². The van der Waals surface area contributed by atoms with Gasteiger partial charge in [-0.2, -0.15) is 53.4 Å². The summed E-state index contributed by atoms with van der Waals surface area (Å²) in [5.74, 6) is -6.62. The molecule has 0 unspecified atom stereocenters. The monoisotopic (exact) mass is 731 g/mol. The highest BCUT2D eigenvalue weighted by molar-refractivity contribution is 9.10. The fourth-order valence-electron chi connectivity index (χ4n) is 3.54. The second-order valence-electron chi connectivity index (χ2n) is 8.50. The van der Waals surface area contributed by atoms with E-state index in [2.05, 4.69) is 25.7 Å². The molecule has 0 aliphatic carbocycles. The Morgan fingerprint density at radius 3 is 2.02 bits per heavy atom. The Morgan fingerprint density at radius 1 is 0.933 bits per heavy atom. The van der Waals surface area contributed by atoms with Crippen molar-refractivity contribution in [2.24, 2.45) is 0 Å². The first-order chi connectivity index (χ1) is 20.5. The van der Waals surface area contributed by atoms with E-state index in [4.69, 9.17) is 0 Å². The lowest BCUT2D eigenvalue weighted by molar-refractivity contribution is -0.348. The van der Waals surface area contributed by atoms with Crippen LogP contribution in [0.25, 0.3) is 0 Å². The van der Waals surface area contributed by atoms with Gasteiger partial charge in [-0.05, 0) is 52.3 Å². The number of benzene rings is 2. The molecule has 0 spiro atoms. The van der Waals surface area contributed by atoms with E-state index in [0.717, 1.165) is 6.07 Å². The number of aromatic nitrogens is 1. The number of amides is 2. The Morgan fingerprint density at radius 2 is 1.53 bits per heavy atom. The summed E-state index contributed by atoms with van der Waals surface area (Å²) in [4.78, 5) is 28.3. The van der Waals surface area contributed by atoms with Gasteiger partial charge in [0.2, 0.25) is 0 Å². The first-order valence-corrected chi connectivity index (χ1v) is 12.1. The smallest absolute Gasteiger partial charge is 0.433 e. The molecule has 3 aromatic rings. The molecular weight excluding hydrogens is 721 g/mol. The molecule has 0 bridgehead atoms. The molecule has 2 N–H and O–H groups in total. The van der Waals surface area contributed by atoms with E-state index in [0.29, 0.717) is 30.5 Å². The van der Waals surface area contributed by atoms with Crippen LogP contribution in [0.2, 0.25) is 0 Å². The minimum absolute atomic E-state index is 0.159. The number of nitrogens with zero attached hydrogens (tertiary/aromatic N) is 2. The fourth-order valence-corrected chi connectivity index (χ4v) is 4.08. The highest BCUT2D eigenvalue weighted by atomic mass is 79.9. The fraction of sp³-hybridized carbons (Fsp3) is 0.208. The first kappa shape index (κ1) is 35.3. The van der Waals surface area contributed by atoms with Crippen molar-refractivity contribution in [2.45, 2.75) is 30.8 Å². The second-order valence-corrected chi connectivity index (χ2v) is 9.36. The lowest BCUT2D eigenvalue weighted by atomic mass is 9.93.